The van der Waals surface area contributed by atoms with Gasteiger partial charge in [-0.15, -0.1) is 0 Å². The molecular weight excluding hydrogens is 377 g/mol. The van der Waals surface area contributed by atoms with Gasteiger partial charge in [0.25, 0.3) is 0 Å². The molecule has 2 aliphatic carbocycles. The fourth-order valence-corrected chi connectivity index (χ4v) is 2.53. The molecule has 152 valence electrons. The molecule has 0 nitrogen and oxygen atoms in total. The van der Waals surface area contributed by atoms with Gasteiger partial charge in [-0.3, -0.25) is 0 Å². The van der Waals surface area contributed by atoms with Crippen molar-refractivity contribution in [2.45, 2.75) is 88.2 Å². The first-order chi connectivity index (χ1) is 10.0. The van der Waals surface area contributed by atoms with Crippen LogP contribution in [0.1, 0.15) is 42.0 Å². The summed E-state index contributed by atoms with van der Waals surface area (Å²) in [7, 11) is 0. The lowest BCUT2D eigenvalue weighted by atomic mass is 9.57. The normalized spacial score (nSPS) is 51.8. The molecule has 0 aromatic carbocycles. The van der Waals surface area contributed by atoms with Crippen LogP contribution in [0.3, 0.4) is 0 Å². The van der Waals surface area contributed by atoms with E-state index in [-0.39, 0.29) is 21.3 Å². The summed E-state index contributed by atoms with van der Waals surface area (Å²) in [5, 5.41) is 0. The fraction of sp³-hybridized carbons (Fsp3) is 1.00. The van der Waals surface area contributed by atoms with Gasteiger partial charge < -0.3 is 0 Å². The highest BCUT2D eigenvalue weighted by atomic mass is 19.3. The van der Waals surface area contributed by atoms with E-state index in [0.717, 1.165) is 0 Å². The zero-order valence-electron chi connectivity index (χ0n) is 13.2. The van der Waals surface area contributed by atoms with E-state index >= 15 is 0 Å². The molecule has 0 aliphatic heterocycles. The molecular formula is C14H19F11. The first-order valence-corrected chi connectivity index (χ1v) is 6.58. The van der Waals surface area contributed by atoms with E-state index in [1.54, 1.807) is 0 Å². The predicted octanol–water partition coefficient (Wildman–Crippen LogP) is 6.18. The second kappa shape index (κ2) is 5.15. The van der Waals surface area contributed by atoms with Crippen LogP contribution < -0.4 is 0 Å². The molecule has 0 bridgehead atoms. The van der Waals surface area contributed by atoms with Crippen molar-refractivity contribution in [1.82, 2.24) is 0 Å². The van der Waals surface area contributed by atoms with E-state index in [1.165, 1.54) is 0 Å². The standard InChI is InChI=1S/C7H9F5.C6H6F6.CH4/c1-4(8)5(2,9)7(11,12)6(4,3)10;1-3(7)4(2,8)6(11,12)5(3,9)10;/h1-3H3;1-2H3;1H4. The van der Waals surface area contributed by atoms with Crippen LogP contribution in [0.5, 0.6) is 0 Å². The average Bonchev–Trinajstić information content (AvgIpc) is 2.36. The Hall–Kier alpha value is -0.770. The number of hydrogen-bond donors (Lipinski definition) is 0. The van der Waals surface area contributed by atoms with Crippen LogP contribution in [-0.4, -0.2) is 46.1 Å². The fourth-order valence-electron chi connectivity index (χ4n) is 2.53. The second-order valence-corrected chi connectivity index (χ2v) is 6.74. The Bertz CT molecular complexity index is 353. The van der Waals surface area contributed by atoms with Gasteiger partial charge in [0.2, 0.25) is 22.7 Å². The van der Waals surface area contributed by atoms with Gasteiger partial charge in [-0.25, -0.2) is 22.0 Å². The minimum Gasteiger partial charge on any atom is -0.237 e. The largest absolute Gasteiger partial charge is 0.349 e. The highest BCUT2D eigenvalue weighted by Gasteiger charge is 2.94. The van der Waals surface area contributed by atoms with Crippen molar-refractivity contribution in [3.8, 4) is 0 Å². The molecule has 2 saturated carbocycles. The first kappa shape index (κ1) is 24.2. The van der Waals surface area contributed by atoms with Crippen molar-refractivity contribution in [3.63, 3.8) is 0 Å². The third kappa shape index (κ3) is 2.06. The second-order valence-electron chi connectivity index (χ2n) is 6.74. The van der Waals surface area contributed by atoms with Crippen LogP contribution >= 0.6 is 0 Å². The molecule has 4 unspecified atom stereocenters. The summed E-state index contributed by atoms with van der Waals surface area (Å²) < 4.78 is 138. The molecule has 25 heavy (non-hydrogen) atoms. The van der Waals surface area contributed by atoms with Crippen molar-refractivity contribution in [2.24, 2.45) is 0 Å². The molecule has 0 radical (unpaired) electrons. The van der Waals surface area contributed by atoms with E-state index in [1.807, 2.05) is 0 Å². The predicted molar refractivity (Wildman–Crippen MR) is 69.1 cm³/mol. The lowest BCUT2D eigenvalue weighted by Crippen LogP contribution is -2.84. The summed E-state index contributed by atoms with van der Waals surface area (Å²) >= 11 is 0. The number of rotatable bonds is 0. The van der Waals surface area contributed by atoms with E-state index in [9.17, 15) is 48.3 Å². The number of hydrogen-bond acceptors (Lipinski definition) is 0. The van der Waals surface area contributed by atoms with E-state index in [2.05, 4.69) is 0 Å². The molecule has 0 N–H and O–H groups in total. The first-order valence-electron chi connectivity index (χ1n) is 6.58. The molecule has 0 aromatic heterocycles. The molecule has 0 aromatic rings. The van der Waals surface area contributed by atoms with Crippen molar-refractivity contribution in [3.05, 3.63) is 0 Å². The topological polar surface area (TPSA) is 0 Å². The van der Waals surface area contributed by atoms with Gasteiger partial charge in [-0.1, -0.05) is 7.43 Å². The Kier molecular flexibility index (Phi) is 4.99. The summed E-state index contributed by atoms with van der Waals surface area (Å²) in [6, 6.07) is 0. The van der Waals surface area contributed by atoms with Gasteiger partial charge in [-0.2, -0.15) is 26.3 Å². The summed E-state index contributed by atoms with van der Waals surface area (Å²) in [6.07, 6.45) is 0. The number of halogens is 11. The third-order valence-corrected chi connectivity index (χ3v) is 5.40. The highest BCUT2D eigenvalue weighted by molar-refractivity contribution is 5.31. The van der Waals surface area contributed by atoms with E-state index in [4.69, 9.17) is 0 Å². The molecule has 2 aliphatic rings. The number of alkyl halides is 11. The Morgan fingerprint density at radius 2 is 0.480 bits per heavy atom. The zero-order chi connectivity index (χ0) is 20.0. The van der Waals surface area contributed by atoms with Gasteiger partial charge in [0, 0.05) is 0 Å². The van der Waals surface area contributed by atoms with Gasteiger partial charge in [0.15, 0.2) is 5.67 Å². The highest BCUT2D eigenvalue weighted by Crippen LogP contribution is 2.68. The van der Waals surface area contributed by atoms with E-state index < -0.39 is 46.1 Å². The summed E-state index contributed by atoms with van der Waals surface area (Å²) in [4.78, 5) is 0. The molecule has 2 fully saturated rings. The Morgan fingerprint density at radius 1 is 0.320 bits per heavy atom. The maximum absolute atomic E-state index is 13.0. The van der Waals surface area contributed by atoms with Gasteiger partial charge >= 0.3 is 17.8 Å². The quantitative estimate of drug-likeness (QED) is 0.429. The molecule has 4 atom stereocenters. The molecule has 0 heterocycles. The molecule has 0 spiro atoms. The van der Waals surface area contributed by atoms with Gasteiger partial charge in [-0.05, 0) is 34.6 Å². The molecule has 11 heteroatoms. The average molecular weight is 396 g/mol. The summed E-state index contributed by atoms with van der Waals surface area (Å²) in [5.74, 6) is -14.1. The monoisotopic (exact) mass is 396 g/mol. The summed E-state index contributed by atoms with van der Waals surface area (Å²) in [5.41, 5.74) is -17.6. The smallest absolute Gasteiger partial charge is 0.237 e. The van der Waals surface area contributed by atoms with Crippen LogP contribution in [0.25, 0.3) is 0 Å². The maximum Gasteiger partial charge on any atom is 0.349 e. The Balaban J connectivity index is 0.000000443. The van der Waals surface area contributed by atoms with E-state index in [0.29, 0.717) is 20.8 Å². The van der Waals surface area contributed by atoms with Crippen molar-refractivity contribution in [2.75, 3.05) is 0 Å². The SMILES string of the molecule is C.CC1(F)C(C)(F)C(F)(F)C1(C)F.CC1(F)C(C)(F)C(F)(F)C1(F)F. The van der Waals surface area contributed by atoms with Crippen LogP contribution in [0.2, 0.25) is 0 Å². The maximum atomic E-state index is 13.0. The van der Waals surface area contributed by atoms with Crippen LogP contribution in [0.15, 0.2) is 0 Å². The Labute approximate surface area is 137 Å². The van der Waals surface area contributed by atoms with Crippen LogP contribution in [-0.2, 0) is 0 Å². The van der Waals surface area contributed by atoms with Crippen molar-refractivity contribution < 1.29 is 48.3 Å². The third-order valence-electron chi connectivity index (χ3n) is 5.40. The zero-order valence-corrected chi connectivity index (χ0v) is 13.2. The van der Waals surface area contributed by atoms with Gasteiger partial charge in [0.1, 0.15) is 0 Å². The molecule has 0 saturated heterocycles. The minimum atomic E-state index is -4.93. The summed E-state index contributed by atoms with van der Waals surface area (Å²) in [6.45, 7) is 1.50. The van der Waals surface area contributed by atoms with Crippen LogP contribution in [0.4, 0.5) is 48.3 Å². The lowest BCUT2D eigenvalue weighted by Gasteiger charge is -2.59. The molecule has 0 amide bonds. The van der Waals surface area contributed by atoms with Crippen molar-refractivity contribution in [1.29, 1.82) is 0 Å². The van der Waals surface area contributed by atoms with Gasteiger partial charge in [0.05, 0.1) is 0 Å². The van der Waals surface area contributed by atoms with Crippen molar-refractivity contribution >= 4 is 0 Å². The lowest BCUT2D eigenvalue weighted by molar-refractivity contribution is -0.427. The van der Waals surface area contributed by atoms with Crippen LogP contribution in [0, 0.1) is 0 Å². The minimum absolute atomic E-state index is 0. The Morgan fingerprint density at radius 3 is 0.560 bits per heavy atom. The molecule has 2 rings (SSSR count).